The van der Waals surface area contributed by atoms with Gasteiger partial charge in [-0.25, -0.2) is 0 Å². The fourth-order valence-electron chi connectivity index (χ4n) is 3.22. The number of hydrogen-bond acceptors (Lipinski definition) is 3. The number of hydrogen-bond donors (Lipinski definition) is 0. The number of para-hydroxylation sites is 2. The van der Waals surface area contributed by atoms with Crippen LogP contribution in [-0.2, 0) is 13.5 Å². The molecule has 0 aromatic heterocycles. The van der Waals surface area contributed by atoms with Gasteiger partial charge < -0.3 is 17.3 Å². The summed E-state index contributed by atoms with van der Waals surface area (Å²) in [6.45, 7) is 2.02. The van der Waals surface area contributed by atoms with Crippen LogP contribution in [0.15, 0.2) is 126 Å². The first-order valence-corrected chi connectivity index (χ1v) is 15.7. The van der Waals surface area contributed by atoms with Crippen molar-refractivity contribution in [1.29, 1.82) is 0 Å². The molecule has 4 aromatic carbocycles. The SMILES string of the molecule is [CH3-].[Cl][Ru]([Cl])=[CH]c1ccccc1.c1ccc(C2=NN(c3ccccc3)[CH-]N2c2ccccc2)cc1. The van der Waals surface area contributed by atoms with Crippen LogP contribution in [0.25, 0.3) is 0 Å². The fourth-order valence-corrected chi connectivity index (χ4v) is 5.04. The minimum absolute atomic E-state index is 0. The topological polar surface area (TPSA) is 18.8 Å². The molecule has 4 aromatic rings. The minimum Gasteiger partial charge on any atom is -0.456 e. The van der Waals surface area contributed by atoms with Crippen LogP contribution in [0.5, 0.6) is 0 Å². The van der Waals surface area contributed by atoms with Crippen molar-refractivity contribution in [3.63, 3.8) is 0 Å². The van der Waals surface area contributed by atoms with Gasteiger partial charge in [-0.2, -0.15) is 5.10 Å². The van der Waals surface area contributed by atoms with E-state index in [1.54, 1.807) is 0 Å². The smallest absolute Gasteiger partial charge is 0.129 e. The van der Waals surface area contributed by atoms with E-state index in [-0.39, 0.29) is 7.43 Å². The molecule has 6 heteroatoms. The number of benzene rings is 4. The van der Waals surface area contributed by atoms with Crippen LogP contribution in [0.4, 0.5) is 11.4 Å². The zero-order chi connectivity index (χ0) is 22.9. The Morgan fingerprint density at radius 2 is 1.12 bits per heavy atom. The first-order chi connectivity index (χ1) is 16.2. The molecule has 0 fully saturated rings. The minimum atomic E-state index is -1.61. The molecule has 1 heterocycles. The van der Waals surface area contributed by atoms with Crippen LogP contribution in [0.3, 0.4) is 0 Å². The molecule has 1 aliphatic rings. The van der Waals surface area contributed by atoms with E-state index in [1.807, 2.05) is 101 Å². The van der Waals surface area contributed by atoms with E-state index in [0.717, 1.165) is 28.3 Å². The molecule has 0 saturated heterocycles. The van der Waals surface area contributed by atoms with Crippen molar-refractivity contribution in [2.75, 3.05) is 9.91 Å². The van der Waals surface area contributed by atoms with Gasteiger partial charge in [0.15, 0.2) is 0 Å². The van der Waals surface area contributed by atoms with Gasteiger partial charge in [-0.1, -0.05) is 66.7 Å². The molecule has 0 unspecified atom stereocenters. The molecule has 0 bridgehead atoms. The van der Waals surface area contributed by atoms with Crippen molar-refractivity contribution in [1.82, 2.24) is 0 Å². The van der Waals surface area contributed by atoms with Gasteiger partial charge in [0.05, 0.1) is 0 Å². The Morgan fingerprint density at radius 3 is 1.65 bits per heavy atom. The summed E-state index contributed by atoms with van der Waals surface area (Å²) in [5.41, 5.74) is 4.34. The van der Waals surface area contributed by atoms with Gasteiger partial charge in [-0.15, -0.1) is 6.67 Å². The van der Waals surface area contributed by atoms with Gasteiger partial charge in [0.1, 0.15) is 5.84 Å². The first-order valence-electron chi connectivity index (χ1n) is 10.3. The largest absolute Gasteiger partial charge is 0.456 e. The Labute approximate surface area is 215 Å². The third kappa shape index (κ3) is 7.11. The first kappa shape index (κ1) is 25.8. The van der Waals surface area contributed by atoms with Crippen molar-refractivity contribution >= 4 is 41.2 Å². The van der Waals surface area contributed by atoms with E-state index in [9.17, 15) is 0 Å². The van der Waals surface area contributed by atoms with E-state index in [1.165, 1.54) is 0 Å². The Kier molecular flexibility index (Phi) is 10.0. The van der Waals surface area contributed by atoms with E-state index < -0.39 is 13.5 Å². The molecule has 0 radical (unpaired) electrons. The van der Waals surface area contributed by atoms with Crippen LogP contribution in [0.1, 0.15) is 11.1 Å². The summed E-state index contributed by atoms with van der Waals surface area (Å²) in [7, 11) is 11.3. The van der Waals surface area contributed by atoms with Gasteiger partial charge in [0.25, 0.3) is 0 Å². The second-order valence-electron chi connectivity index (χ2n) is 7.01. The zero-order valence-corrected chi connectivity index (χ0v) is 21.9. The molecule has 0 aliphatic carbocycles. The van der Waals surface area contributed by atoms with Crippen LogP contribution >= 0.6 is 19.4 Å². The summed E-state index contributed by atoms with van der Waals surface area (Å²) in [6, 6.07) is 40.6. The number of anilines is 2. The third-order valence-electron chi connectivity index (χ3n) is 4.74. The van der Waals surface area contributed by atoms with E-state index in [0.29, 0.717) is 0 Å². The Hall–Kier alpha value is -2.78. The third-order valence-corrected chi connectivity index (χ3v) is 6.61. The number of rotatable bonds is 4. The fraction of sp³-hybridized carbons (Fsp3) is 0. The molecule has 0 spiro atoms. The van der Waals surface area contributed by atoms with Crippen LogP contribution < -0.4 is 9.91 Å². The molecular formula is C28H25Cl2N3Ru-2. The molecule has 0 saturated carbocycles. The zero-order valence-electron chi connectivity index (χ0n) is 18.7. The molecule has 1 aliphatic heterocycles. The van der Waals surface area contributed by atoms with Gasteiger partial charge in [-0.3, -0.25) is 0 Å². The van der Waals surface area contributed by atoms with E-state index in [2.05, 4.69) is 41.3 Å². The Bertz CT molecular complexity index is 1200. The standard InChI is InChI=1S/C20H16N3.C7H6.CH3.2ClH.Ru/c1-4-10-17(11-5-1)20-21-23(19-14-8-3-9-15-19)16-22(20)18-12-6-2-7-13-18;1-7-5-3-2-4-6-7;;;;/h1-16H;1-6H;1H3;2*1H;/q-1;;-1;;;+2/p-2. The van der Waals surface area contributed by atoms with Gasteiger partial charge in [-0.05, 0) is 24.3 Å². The van der Waals surface area contributed by atoms with Crippen molar-refractivity contribution in [2.24, 2.45) is 5.10 Å². The van der Waals surface area contributed by atoms with Crippen molar-refractivity contribution < 1.29 is 13.5 Å². The average Bonchev–Trinajstić information content (AvgIpc) is 3.32. The Balaban J connectivity index is 0.000000250. The van der Waals surface area contributed by atoms with Crippen LogP contribution in [-0.4, -0.2) is 10.4 Å². The molecule has 5 rings (SSSR count). The summed E-state index contributed by atoms with van der Waals surface area (Å²) in [6.07, 6.45) is 0. The summed E-state index contributed by atoms with van der Waals surface area (Å²) >= 11 is -1.61. The summed E-state index contributed by atoms with van der Waals surface area (Å²) < 4.78 is 1.92. The second kappa shape index (κ2) is 13.2. The Morgan fingerprint density at radius 1 is 0.647 bits per heavy atom. The quantitative estimate of drug-likeness (QED) is 0.183. The molecule has 0 N–H and O–H groups in total. The second-order valence-corrected chi connectivity index (χ2v) is 12.7. The maximum atomic E-state index is 5.67. The average molecular weight is 576 g/mol. The molecule has 3 nitrogen and oxygen atoms in total. The van der Waals surface area contributed by atoms with E-state index >= 15 is 0 Å². The molecule has 0 atom stereocenters. The number of halogens is 2. The van der Waals surface area contributed by atoms with E-state index in [4.69, 9.17) is 24.5 Å². The predicted octanol–water partition coefficient (Wildman–Crippen LogP) is 7.71. The van der Waals surface area contributed by atoms with Crippen molar-refractivity contribution in [3.05, 3.63) is 147 Å². The van der Waals surface area contributed by atoms with Crippen LogP contribution in [0, 0.1) is 14.1 Å². The number of nitrogens with zero attached hydrogens (tertiary/aromatic N) is 3. The van der Waals surface area contributed by atoms with Crippen molar-refractivity contribution in [2.45, 2.75) is 0 Å². The van der Waals surface area contributed by atoms with Gasteiger partial charge in [0, 0.05) is 16.9 Å². The molecule has 0 amide bonds. The van der Waals surface area contributed by atoms with Gasteiger partial charge in [0.2, 0.25) is 0 Å². The van der Waals surface area contributed by atoms with Crippen LogP contribution in [0.2, 0.25) is 0 Å². The monoisotopic (exact) mass is 575 g/mol. The number of amidine groups is 1. The predicted molar refractivity (Wildman–Crippen MR) is 145 cm³/mol. The van der Waals surface area contributed by atoms with Crippen molar-refractivity contribution in [3.8, 4) is 0 Å². The normalized spacial score (nSPS) is 12.6. The summed E-state index contributed by atoms with van der Waals surface area (Å²) in [5, 5.41) is 6.72. The number of hydrazone groups is 1. The molecular weight excluding hydrogens is 550 g/mol. The molecule has 34 heavy (non-hydrogen) atoms. The maximum Gasteiger partial charge on any atom is 0.129 e. The molecule has 176 valence electrons. The summed E-state index contributed by atoms with van der Waals surface area (Å²) in [5.74, 6) is 0.917. The van der Waals surface area contributed by atoms with Gasteiger partial charge >= 0.3 is 73.4 Å². The summed E-state index contributed by atoms with van der Waals surface area (Å²) in [4.78, 5) is 2.11. The maximum absolute atomic E-state index is 5.67.